The Hall–Kier alpha value is -2.08. The third-order valence-electron chi connectivity index (χ3n) is 2.91. The molecule has 2 N–H and O–H groups in total. The zero-order chi connectivity index (χ0) is 14.9. The first kappa shape index (κ1) is 14.3. The van der Waals surface area contributed by atoms with Gasteiger partial charge in [0.2, 0.25) is 0 Å². The summed E-state index contributed by atoms with van der Waals surface area (Å²) in [5.41, 5.74) is 1.54. The van der Waals surface area contributed by atoms with Crippen molar-refractivity contribution in [3.05, 3.63) is 53.3 Å². The van der Waals surface area contributed by atoms with Gasteiger partial charge < -0.3 is 5.11 Å². The molecule has 106 valence electrons. The summed E-state index contributed by atoms with van der Waals surface area (Å²) in [7, 11) is -3.78. The average molecular weight is 295 g/mol. The molecule has 0 unspecified atom stereocenters. The Balaban J connectivity index is 2.38. The minimum atomic E-state index is -3.78. The fourth-order valence-corrected chi connectivity index (χ4v) is 2.85. The van der Waals surface area contributed by atoms with Crippen LogP contribution in [-0.4, -0.2) is 13.5 Å². The summed E-state index contributed by atoms with van der Waals surface area (Å²) in [4.78, 5) is -0.0240. The van der Waals surface area contributed by atoms with Gasteiger partial charge in [-0.25, -0.2) is 12.8 Å². The number of phenols is 1. The Morgan fingerprint density at radius 3 is 2.25 bits per heavy atom. The molecule has 4 nitrogen and oxygen atoms in total. The number of hydrogen-bond acceptors (Lipinski definition) is 3. The van der Waals surface area contributed by atoms with Crippen molar-refractivity contribution in [2.24, 2.45) is 0 Å². The molecule has 0 saturated heterocycles. The summed E-state index contributed by atoms with van der Waals surface area (Å²) in [6.45, 7) is 3.35. The van der Waals surface area contributed by atoms with Crippen molar-refractivity contribution in [1.82, 2.24) is 0 Å². The minimum Gasteiger partial charge on any atom is -0.508 e. The first-order chi connectivity index (χ1) is 9.29. The third-order valence-corrected chi connectivity index (χ3v) is 4.29. The van der Waals surface area contributed by atoms with Crippen LogP contribution < -0.4 is 4.72 Å². The number of anilines is 1. The molecule has 0 fully saturated rings. The summed E-state index contributed by atoms with van der Waals surface area (Å²) in [6.07, 6.45) is 0. The van der Waals surface area contributed by atoms with Gasteiger partial charge in [0, 0.05) is 0 Å². The van der Waals surface area contributed by atoms with Crippen molar-refractivity contribution >= 4 is 15.7 Å². The molecule has 0 aromatic heterocycles. The van der Waals surface area contributed by atoms with Crippen molar-refractivity contribution in [3.63, 3.8) is 0 Å². The fourth-order valence-electron chi connectivity index (χ4n) is 1.73. The SMILES string of the molecule is Cc1cc(NS(=O)(=O)c2ccc(F)cc2)c(C)cc1O. The Kier molecular flexibility index (Phi) is 3.67. The summed E-state index contributed by atoms with van der Waals surface area (Å²) in [6, 6.07) is 7.59. The molecular weight excluding hydrogens is 281 g/mol. The molecule has 0 aliphatic heterocycles. The molecule has 0 radical (unpaired) electrons. The predicted octanol–water partition coefficient (Wildman–Crippen LogP) is 2.95. The van der Waals surface area contributed by atoms with Crippen LogP contribution >= 0.6 is 0 Å². The number of phenolic OH excluding ortho intramolecular Hbond substituents is 1. The van der Waals surface area contributed by atoms with Gasteiger partial charge in [-0.1, -0.05) is 0 Å². The highest BCUT2D eigenvalue weighted by Crippen LogP contribution is 2.27. The van der Waals surface area contributed by atoms with Gasteiger partial charge in [0.1, 0.15) is 11.6 Å². The lowest BCUT2D eigenvalue weighted by atomic mass is 10.1. The van der Waals surface area contributed by atoms with Crippen molar-refractivity contribution in [3.8, 4) is 5.75 Å². The van der Waals surface area contributed by atoms with Gasteiger partial charge in [0.25, 0.3) is 10.0 Å². The summed E-state index contributed by atoms with van der Waals surface area (Å²) < 4.78 is 39.6. The van der Waals surface area contributed by atoms with Crippen molar-refractivity contribution in [2.45, 2.75) is 18.7 Å². The van der Waals surface area contributed by atoms with Gasteiger partial charge in [-0.3, -0.25) is 4.72 Å². The van der Waals surface area contributed by atoms with Gasteiger partial charge in [0.05, 0.1) is 10.6 Å². The molecule has 2 aromatic rings. The second kappa shape index (κ2) is 5.13. The van der Waals surface area contributed by atoms with Crippen LogP contribution in [0.25, 0.3) is 0 Å². The Bertz CT molecular complexity index is 740. The number of aromatic hydroxyl groups is 1. The largest absolute Gasteiger partial charge is 0.508 e. The molecular formula is C14H14FNO3S. The van der Waals surface area contributed by atoms with E-state index in [0.29, 0.717) is 16.8 Å². The highest BCUT2D eigenvalue weighted by molar-refractivity contribution is 7.92. The normalized spacial score (nSPS) is 11.3. The monoisotopic (exact) mass is 295 g/mol. The van der Waals surface area contributed by atoms with Gasteiger partial charge in [-0.05, 0) is 61.4 Å². The molecule has 2 rings (SSSR count). The highest BCUT2D eigenvalue weighted by atomic mass is 32.2. The van der Waals surface area contributed by atoms with E-state index in [0.717, 1.165) is 12.1 Å². The second-order valence-corrected chi connectivity index (χ2v) is 6.20. The van der Waals surface area contributed by atoms with Crippen molar-refractivity contribution in [1.29, 1.82) is 0 Å². The molecule has 0 spiro atoms. The average Bonchev–Trinajstić information content (AvgIpc) is 2.36. The van der Waals surface area contributed by atoms with Crippen molar-refractivity contribution in [2.75, 3.05) is 4.72 Å². The molecule has 20 heavy (non-hydrogen) atoms. The van der Waals surface area contributed by atoms with Crippen LogP contribution in [0.1, 0.15) is 11.1 Å². The Morgan fingerprint density at radius 2 is 1.65 bits per heavy atom. The van der Waals surface area contributed by atoms with E-state index in [4.69, 9.17) is 0 Å². The van der Waals surface area contributed by atoms with Crippen LogP contribution in [0.3, 0.4) is 0 Å². The summed E-state index contributed by atoms with van der Waals surface area (Å²) >= 11 is 0. The van der Waals surface area contributed by atoms with Gasteiger partial charge in [-0.2, -0.15) is 0 Å². The molecule has 0 atom stereocenters. The lowest BCUT2D eigenvalue weighted by Crippen LogP contribution is -2.13. The number of sulfonamides is 1. The number of halogens is 1. The Morgan fingerprint density at radius 1 is 1.05 bits per heavy atom. The van der Waals surface area contributed by atoms with Gasteiger partial charge in [-0.15, -0.1) is 0 Å². The van der Waals surface area contributed by atoms with E-state index in [2.05, 4.69) is 4.72 Å². The van der Waals surface area contributed by atoms with Crippen LogP contribution in [0.4, 0.5) is 10.1 Å². The minimum absolute atomic E-state index is 0.0240. The topological polar surface area (TPSA) is 66.4 Å². The number of hydrogen-bond donors (Lipinski definition) is 2. The maximum atomic E-state index is 12.8. The van der Waals surface area contributed by atoms with E-state index in [1.54, 1.807) is 19.9 Å². The lowest BCUT2D eigenvalue weighted by Gasteiger charge is -2.12. The van der Waals surface area contributed by atoms with Crippen LogP contribution in [0, 0.1) is 19.7 Å². The number of aryl methyl sites for hydroxylation is 2. The second-order valence-electron chi connectivity index (χ2n) is 4.51. The summed E-state index contributed by atoms with van der Waals surface area (Å²) in [5.74, 6) is -0.396. The predicted molar refractivity (Wildman–Crippen MR) is 74.8 cm³/mol. The van der Waals surface area contributed by atoms with E-state index in [1.807, 2.05) is 0 Å². The maximum Gasteiger partial charge on any atom is 0.261 e. The molecule has 0 bridgehead atoms. The molecule has 0 saturated carbocycles. The highest BCUT2D eigenvalue weighted by Gasteiger charge is 2.16. The molecule has 0 aliphatic carbocycles. The van der Waals surface area contributed by atoms with Crippen molar-refractivity contribution < 1.29 is 17.9 Å². The van der Waals surface area contributed by atoms with Crippen LogP contribution in [0.15, 0.2) is 41.3 Å². The fraction of sp³-hybridized carbons (Fsp3) is 0.143. The van der Waals surface area contributed by atoms with E-state index in [1.165, 1.54) is 18.2 Å². The zero-order valence-electron chi connectivity index (χ0n) is 11.0. The molecule has 0 amide bonds. The summed E-state index contributed by atoms with van der Waals surface area (Å²) in [5, 5.41) is 9.55. The molecule has 6 heteroatoms. The van der Waals surface area contributed by atoms with Crippen LogP contribution in [0.2, 0.25) is 0 Å². The first-order valence-corrected chi connectivity index (χ1v) is 7.36. The number of benzene rings is 2. The molecule has 0 heterocycles. The number of rotatable bonds is 3. The van der Waals surface area contributed by atoms with Crippen LogP contribution in [0.5, 0.6) is 5.75 Å². The first-order valence-electron chi connectivity index (χ1n) is 5.88. The standard InChI is InChI=1S/C14H14FNO3S/c1-9-8-14(17)10(2)7-13(9)16-20(18,19)12-5-3-11(15)4-6-12/h3-8,16-17H,1-2H3. The maximum absolute atomic E-state index is 12.8. The van der Waals surface area contributed by atoms with E-state index < -0.39 is 15.8 Å². The van der Waals surface area contributed by atoms with E-state index in [-0.39, 0.29) is 10.6 Å². The number of nitrogens with one attached hydrogen (secondary N) is 1. The molecule has 2 aromatic carbocycles. The third kappa shape index (κ3) is 2.91. The smallest absolute Gasteiger partial charge is 0.261 e. The Labute approximate surface area is 116 Å². The van der Waals surface area contributed by atoms with Crippen LogP contribution in [-0.2, 0) is 10.0 Å². The van der Waals surface area contributed by atoms with E-state index in [9.17, 15) is 17.9 Å². The van der Waals surface area contributed by atoms with Gasteiger partial charge in [0.15, 0.2) is 0 Å². The quantitative estimate of drug-likeness (QED) is 0.856. The lowest BCUT2D eigenvalue weighted by molar-refractivity contribution is 0.471. The zero-order valence-corrected chi connectivity index (χ0v) is 11.8. The molecule has 0 aliphatic rings. The van der Waals surface area contributed by atoms with E-state index >= 15 is 0 Å². The van der Waals surface area contributed by atoms with Gasteiger partial charge >= 0.3 is 0 Å².